The van der Waals surface area contributed by atoms with Gasteiger partial charge in [0.05, 0.1) is 20.1 Å². The van der Waals surface area contributed by atoms with Crippen LogP contribution in [0.4, 0.5) is 0 Å². The van der Waals surface area contributed by atoms with Gasteiger partial charge in [0, 0.05) is 0 Å². The lowest BCUT2D eigenvalue weighted by atomic mass is 10.1. The molecule has 4 nitrogen and oxygen atoms in total. The molecular weight excluding hydrogens is 280 g/mol. The minimum Gasteiger partial charge on any atom is -0.497 e. The number of carbonyl (C=O) groups is 1. The average Bonchev–Trinajstić information content (AvgIpc) is 2.51. The summed E-state index contributed by atoms with van der Waals surface area (Å²) in [7, 11) is 1.61. The van der Waals surface area contributed by atoms with Crippen molar-refractivity contribution < 1.29 is 19.0 Å². The van der Waals surface area contributed by atoms with E-state index >= 15 is 0 Å². The second kappa shape index (κ2) is 7.50. The number of benzene rings is 2. The maximum Gasteiger partial charge on any atom is 0.314 e. The van der Waals surface area contributed by atoms with Crippen LogP contribution in [0.15, 0.2) is 42.5 Å². The summed E-state index contributed by atoms with van der Waals surface area (Å²) in [6.07, 6.45) is 0.194. The van der Waals surface area contributed by atoms with Crippen LogP contribution in [-0.4, -0.2) is 19.7 Å². The summed E-state index contributed by atoms with van der Waals surface area (Å²) in [6.45, 7) is 4.15. The molecule has 4 heteroatoms. The highest BCUT2D eigenvalue weighted by Gasteiger charge is 2.08. The zero-order valence-corrected chi connectivity index (χ0v) is 13.1. The fourth-order valence-corrected chi connectivity index (χ4v) is 1.92. The third-order valence-electron chi connectivity index (χ3n) is 3.20. The Morgan fingerprint density at radius 3 is 2.36 bits per heavy atom. The minimum atomic E-state index is -0.304. The Morgan fingerprint density at radius 2 is 1.68 bits per heavy atom. The molecule has 0 radical (unpaired) electrons. The summed E-state index contributed by atoms with van der Waals surface area (Å²) < 4.78 is 15.9. The van der Waals surface area contributed by atoms with Gasteiger partial charge in [0.25, 0.3) is 0 Å². The second-order valence-corrected chi connectivity index (χ2v) is 5.02. The van der Waals surface area contributed by atoms with E-state index in [1.807, 2.05) is 44.2 Å². The fraction of sp³-hybridized carbons (Fsp3) is 0.278. The van der Waals surface area contributed by atoms with E-state index in [-0.39, 0.29) is 19.0 Å². The van der Waals surface area contributed by atoms with Crippen LogP contribution in [-0.2, 0) is 4.79 Å². The predicted octanol–water partition coefficient (Wildman–Crippen LogP) is 3.69. The third kappa shape index (κ3) is 4.52. The molecule has 0 spiro atoms. The number of hydrogen-bond acceptors (Lipinski definition) is 4. The van der Waals surface area contributed by atoms with Gasteiger partial charge in [-0.1, -0.05) is 12.1 Å². The molecule has 0 aliphatic rings. The van der Waals surface area contributed by atoms with Crippen molar-refractivity contribution in [1.82, 2.24) is 0 Å². The predicted molar refractivity (Wildman–Crippen MR) is 84.7 cm³/mol. The minimum absolute atomic E-state index is 0.194. The van der Waals surface area contributed by atoms with Crippen molar-refractivity contribution in [2.45, 2.75) is 20.3 Å². The van der Waals surface area contributed by atoms with E-state index in [2.05, 4.69) is 0 Å². The molecule has 0 aliphatic heterocycles. The lowest BCUT2D eigenvalue weighted by molar-refractivity contribution is -0.134. The summed E-state index contributed by atoms with van der Waals surface area (Å²) in [5.41, 5.74) is 2.00. The quantitative estimate of drug-likeness (QED) is 0.603. The normalized spacial score (nSPS) is 10.1. The van der Waals surface area contributed by atoms with Gasteiger partial charge < -0.3 is 14.2 Å². The van der Waals surface area contributed by atoms with Gasteiger partial charge >= 0.3 is 5.97 Å². The Balaban J connectivity index is 1.81. The summed E-state index contributed by atoms with van der Waals surface area (Å²) in [5.74, 6) is 1.76. The molecule has 2 aromatic rings. The molecule has 116 valence electrons. The summed E-state index contributed by atoms with van der Waals surface area (Å²) in [6, 6.07) is 13.0. The van der Waals surface area contributed by atoms with Crippen LogP contribution < -0.4 is 14.2 Å². The standard InChI is InChI=1S/C18H20O4/c1-13-4-5-14(2)17(12-13)22-18(19)10-11-21-16-8-6-15(20-3)7-9-16/h4-9,12H,10-11H2,1-3H3. The number of carbonyl (C=O) groups excluding carboxylic acids is 1. The molecule has 0 unspecified atom stereocenters. The van der Waals surface area contributed by atoms with Crippen molar-refractivity contribution in [3.63, 3.8) is 0 Å². The molecule has 0 aromatic heterocycles. The van der Waals surface area contributed by atoms with Gasteiger partial charge in [0.1, 0.15) is 17.2 Å². The Hall–Kier alpha value is -2.49. The Morgan fingerprint density at radius 1 is 1.00 bits per heavy atom. The summed E-state index contributed by atoms with van der Waals surface area (Å²) in [5, 5.41) is 0. The van der Waals surface area contributed by atoms with Crippen molar-refractivity contribution in [3.8, 4) is 17.2 Å². The first-order chi connectivity index (χ1) is 10.6. The van der Waals surface area contributed by atoms with Gasteiger partial charge in [-0.2, -0.15) is 0 Å². The van der Waals surface area contributed by atoms with Crippen LogP contribution in [0.3, 0.4) is 0 Å². The summed E-state index contributed by atoms with van der Waals surface area (Å²) >= 11 is 0. The Bertz CT molecular complexity index is 632. The van der Waals surface area contributed by atoms with Crippen LogP contribution >= 0.6 is 0 Å². The molecule has 0 saturated carbocycles. The maximum atomic E-state index is 11.8. The average molecular weight is 300 g/mol. The lowest BCUT2D eigenvalue weighted by Gasteiger charge is -2.09. The van der Waals surface area contributed by atoms with Crippen molar-refractivity contribution in [3.05, 3.63) is 53.6 Å². The van der Waals surface area contributed by atoms with Crippen LogP contribution in [0, 0.1) is 13.8 Å². The van der Waals surface area contributed by atoms with E-state index in [9.17, 15) is 4.79 Å². The number of esters is 1. The number of hydrogen-bond donors (Lipinski definition) is 0. The number of methoxy groups -OCH3 is 1. The van der Waals surface area contributed by atoms with Gasteiger partial charge in [0.15, 0.2) is 0 Å². The molecule has 22 heavy (non-hydrogen) atoms. The highest BCUT2D eigenvalue weighted by molar-refractivity contribution is 5.73. The van der Waals surface area contributed by atoms with Crippen molar-refractivity contribution >= 4 is 5.97 Å². The SMILES string of the molecule is COc1ccc(OCCC(=O)Oc2cc(C)ccc2C)cc1. The first-order valence-electron chi connectivity index (χ1n) is 7.13. The molecule has 0 N–H and O–H groups in total. The topological polar surface area (TPSA) is 44.8 Å². The van der Waals surface area contributed by atoms with E-state index in [0.29, 0.717) is 11.5 Å². The van der Waals surface area contributed by atoms with Crippen LogP contribution in [0.5, 0.6) is 17.2 Å². The van der Waals surface area contributed by atoms with Crippen LogP contribution in [0.2, 0.25) is 0 Å². The van der Waals surface area contributed by atoms with Crippen LogP contribution in [0.25, 0.3) is 0 Å². The van der Waals surface area contributed by atoms with Gasteiger partial charge in [0.2, 0.25) is 0 Å². The molecule has 0 bridgehead atoms. The largest absolute Gasteiger partial charge is 0.497 e. The van der Waals surface area contributed by atoms with E-state index in [4.69, 9.17) is 14.2 Å². The molecule has 0 fully saturated rings. The lowest BCUT2D eigenvalue weighted by Crippen LogP contribution is -2.13. The number of ether oxygens (including phenoxy) is 3. The highest BCUT2D eigenvalue weighted by Crippen LogP contribution is 2.20. The van der Waals surface area contributed by atoms with E-state index in [0.717, 1.165) is 16.9 Å². The smallest absolute Gasteiger partial charge is 0.314 e. The molecule has 2 rings (SSSR count). The zero-order valence-electron chi connectivity index (χ0n) is 13.1. The second-order valence-electron chi connectivity index (χ2n) is 5.02. The van der Waals surface area contributed by atoms with Crippen molar-refractivity contribution in [1.29, 1.82) is 0 Å². The van der Waals surface area contributed by atoms with Gasteiger partial charge in [-0.25, -0.2) is 0 Å². The van der Waals surface area contributed by atoms with E-state index in [1.54, 1.807) is 19.2 Å². The van der Waals surface area contributed by atoms with E-state index < -0.39 is 0 Å². The molecule has 0 amide bonds. The molecule has 0 heterocycles. The monoisotopic (exact) mass is 300 g/mol. The fourth-order valence-electron chi connectivity index (χ4n) is 1.92. The number of rotatable bonds is 6. The number of aryl methyl sites for hydroxylation is 2. The van der Waals surface area contributed by atoms with Crippen molar-refractivity contribution in [2.24, 2.45) is 0 Å². The van der Waals surface area contributed by atoms with Crippen LogP contribution in [0.1, 0.15) is 17.5 Å². The van der Waals surface area contributed by atoms with Gasteiger partial charge in [-0.3, -0.25) is 4.79 Å². The third-order valence-corrected chi connectivity index (χ3v) is 3.20. The van der Waals surface area contributed by atoms with Gasteiger partial charge in [-0.15, -0.1) is 0 Å². The maximum absolute atomic E-state index is 11.8. The molecule has 0 atom stereocenters. The van der Waals surface area contributed by atoms with Gasteiger partial charge in [-0.05, 0) is 55.3 Å². The first-order valence-corrected chi connectivity index (χ1v) is 7.13. The molecule has 2 aromatic carbocycles. The van der Waals surface area contributed by atoms with Crippen molar-refractivity contribution in [2.75, 3.05) is 13.7 Å². The van der Waals surface area contributed by atoms with E-state index in [1.165, 1.54) is 0 Å². The first kappa shape index (κ1) is 15.9. The molecule has 0 aliphatic carbocycles. The zero-order chi connectivity index (χ0) is 15.9. The Labute approximate surface area is 130 Å². The highest BCUT2D eigenvalue weighted by atomic mass is 16.5. The summed E-state index contributed by atoms with van der Waals surface area (Å²) in [4.78, 5) is 11.8. The molecular formula is C18H20O4. The molecule has 0 saturated heterocycles. The Kier molecular flexibility index (Phi) is 5.42.